The molecule has 0 saturated carbocycles. The van der Waals surface area contributed by atoms with Crippen molar-refractivity contribution in [2.75, 3.05) is 40.0 Å². The Morgan fingerprint density at radius 2 is 1.22 bits per heavy atom. The molecule has 1 nitrogen and oxygen atoms in total. The average molecular weight is 568 g/mol. The Balaban J connectivity index is 0. The standard InChI is InChI=1S/C6H5N.C5H10.2C3H9P.2ClH.W/c7-6-4-2-1-3-5-6;1-5(2,3)4;2*1-4(2)3;;;/h1-5H;1H,2-4H3;2*1-3H3;2*1H;/q;;;;;;+2/p-2. The molecule has 0 heterocycles. The summed E-state index contributed by atoms with van der Waals surface area (Å²) in [6.45, 7) is 19.6. The third kappa shape index (κ3) is 25.4. The minimum Gasteiger partial charge on any atom is -0.116 e. The second-order valence-corrected chi connectivity index (χ2v) is 26.4. The van der Waals surface area contributed by atoms with E-state index >= 15 is 0 Å². The van der Waals surface area contributed by atoms with Gasteiger partial charge in [0.25, 0.3) is 0 Å². The first-order chi connectivity index (χ1) is 10.2. The van der Waals surface area contributed by atoms with Crippen LogP contribution < -0.4 is 0 Å². The average Bonchev–Trinajstić information content (AvgIpc) is 2.24. The number of nitrogens with zero attached hydrogens (tertiary/aromatic N) is 1. The number of rotatable bonds is 1. The van der Waals surface area contributed by atoms with Crippen LogP contribution in [0, 0.1) is 5.41 Å². The van der Waals surface area contributed by atoms with Crippen molar-refractivity contribution in [3.63, 3.8) is 0 Å². The van der Waals surface area contributed by atoms with Gasteiger partial charge in [0.15, 0.2) is 0 Å². The molecule has 23 heavy (non-hydrogen) atoms. The van der Waals surface area contributed by atoms with Crippen molar-refractivity contribution >= 4 is 44.8 Å². The summed E-state index contributed by atoms with van der Waals surface area (Å²) in [5, 5.41) is 0. The predicted molar refractivity (Wildman–Crippen MR) is 115 cm³/mol. The zero-order valence-corrected chi connectivity index (χ0v) is 22.2. The second-order valence-electron chi connectivity index (χ2n) is 7.07. The molecule has 0 unspecified atom stereocenters. The molecule has 0 fully saturated rings. The van der Waals surface area contributed by atoms with E-state index in [0.29, 0.717) is 15.8 Å². The molecular weight excluding hydrogens is 535 g/mol. The summed E-state index contributed by atoms with van der Waals surface area (Å²) in [6.07, 6.45) is 0. The molecule has 0 amide bonds. The van der Waals surface area contributed by atoms with Crippen LogP contribution in [-0.4, -0.2) is 44.4 Å². The van der Waals surface area contributed by atoms with E-state index in [2.05, 4.69) is 64.3 Å². The maximum absolute atomic E-state index is 6.31. The smallest absolute Gasteiger partial charge is 0.0449 e. The first-order valence-corrected chi connectivity index (χ1v) is 23.0. The quantitative estimate of drug-likeness (QED) is 0.311. The maximum Gasteiger partial charge on any atom is -0.0449 e. The molecular formula is C17H33Cl2NP2W. The third-order valence-electron chi connectivity index (χ3n) is 1.48. The molecule has 1 aromatic carbocycles. The van der Waals surface area contributed by atoms with E-state index in [9.17, 15) is 0 Å². The second kappa shape index (κ2) is 13.3. The van der Waals surface area contributed by atoms with Crippen molar-refractivity contribution < 1.29 is 13.3 Å². The zero-order valence-electron chi connectivity index (χ0n) is 16.0. The number of halogens is 2. The fourth-order valence-corrected chi connectivity index (χ4v) is 11.5. The third-order valence-corrected chi connectivity index (χ3v) is 9.26. The Hall–Kier alpha value is 1.02. The van der Waals surface area contributed by atoms with Gasteiger partial charge >= 0.3 is 102 Å². The Morgan fingerprint density at radius 3 is 1.52 bits per heavy atom. The topological polar surface area (TPSA) is 12.4 Å². The van der Waals surface area contributed by atoms with Crippen LogP contribution in [0.3, 0.4) is 0 Å². The van der Waals surface area contributed by atoms with Gasteiger partial charge in [0, 0.05) is 0 Å². The number of hydrogen-bond acceptors (Lipinski definition) is 1. The molecule has 0 aliphatic rings. The molecule has 0 N–H and O–H groups in total. The van der Waals surface area contributed by atoms with Crippen molar-refractivity contribution in [3.8, 4) is 0 Å². The van der Waals surface area contributed by atoms with Gasteiger partial charge < -0.3 is 0 Å². The van der Waals surface area contributed by atoms with E-state index in [1.165, 1.54) is 0 Å². The summed E-state index contributed by atoms with van der Waals surface area (Å²) in [6, 6.07) is 9.67. The Morgan fingerprint density at radius 1 is 0.870 bits per heavy atom. The number of hydrogen-bond donors (Lipinski definition) is 0. The summed E-state index contributed by atoms with van der Waals surface area (Å²) in [5.41, 5.74) is 0.898. The van der Waals surface area contributed by atoms with Gasteiger partial charge in [0.2, 0.25) is 0 Å². The predicted octanol–water partition coefficient (Wildman–Crippen LogP) is 7.53. The minimum atomic E-state index is -3.37. The van der Waals surface area contributed by atoms with Crippen LogP contribution in [0.2, 0.25) is 0 Å². The summed E-state index contributed by atoms with van der Waals surface area (Å²) >= 11 is -3.37. The van der Waals surface area contributed by atoms with Crippen molar-refractivity contribution in [2.45, 2.75) is 20.8 Å². The molecule has 136 valence electrons. The van der Waals surface area contributed by atoms with Crippen molar-refractivity contribution in [1.29, 1.82) is 0 Å². The molecule has 0 aliphatic heterocycles. The first kappa shape index (κ1) is 26.2. The Kier molecular flexibility index (Phi) is 15.1. The van der Waals surface area contributed by atoms with Crippen molar-refractivity contribution in [3.05, 3.63) is 30.3 Å². The van der Waals surface area contributed by atoms with Gasteiger partial charge in [-0.05, 0) is 40.0 Å². The van der Waals surface area contributed by atoms with E-state index in [0.717, 1.165) is 5.69 Å². The van der Waals surface area contributed by atoms with E-state index < -0.39 is 13.3 Å². The Labute approximate surface area is 157 Å². The maximum atomic E-state index is 6.31. The molecule has 0 saturated heterocycles. The molecule has 0 radical (unpaired) electrons. The van der Waals surface area contributed by atoms with Gasteiger partial charge in [0.1, 0.15) is 0 Å². The van der Waals surface area contributed by atoms with E-state index in [1.54, 1.807) is 0 Å². The molecule has 1 rings (SSSR count). The molecule has 0 aromatic heterocycles. The normalized spacial score (nSPS) is 11.2. The van der Waals surface area contributed by atoms with Crippen LogP contribution in [0.5, 0.6) is 0 Å². The van der Waals surface area contributed by atoms with Crippen molar-refractivity contribution in [1.82, 2.24) is 0 Å². The van der Waals surface area contributed by atoms with Crippen LogP contribution in [0.15, 0.2) is 33.8 Å². The summed E-state index contributed by atoms with van der Waals surface area (Å²) in [7, 11) is 13.4. The number of benzene rings is 1. The summed E-state index contributed by atoms with van der Waals surface area (Å²) in [4.78, 5) is 0. The van der Waals surface area contributed by atoms with Gasteiger partial charge in [-0.2, -0.15) is 0 Å². The monoisotopic (exact) mass is 567 g/mol. The van der Waals surface area contributed by atoms with Gasteiger partial charge in [-0.3, -0.25) is 0 Å². The molecule has 0 spiro atoms. The van der Waals surface area contributed by atoms with Crippen LogP contribution in [-0.2, 0) is 13.3 Å². The SMILES string of the molecule is CC(C)(C)[CH]=[W]([Cl])([Cl])=[N]c1ccccc1.CP(C)C.CP(C)C. The van der Waals surface area contributed by atoms with Crippen LogP contribution in [0.25, 0.3) is 0 Å². The molecule has 0 aliphatic carbocycles. The van der Waals surface area contributed by atoms with E-state index in [-0.39, 0.29) is 5.41 Å². The van der Waals surface area contributed by atoms with Crippen LogP contribution >= 0.6 is 34.7 Å². The van der Waals surface area contributed by atoms with Gasteiger partial charge in [-0.15, -0.1) is 15.8 Å². The van der Waals surface area contributed by atoms with Crippen LogP contribution in [0.4, 0.5) is 5.69 Å². The van der Waals surface area contributed by atoms with Gasteiger partial charge in [-0.25, -0.2) is 0 Å². The zero-order chi connectivity index (χ0) is 18.7. The van der Waals surface area contributed by atoms with Crippen molar-refractivity contribution in [2.24, 2.45) is 8.91 Å². The Bertz CT molecular complexity index is 510. The molecule has 0 atom stereocenters. The van der Waals surface area contributed by atoms with E-state index in [4.69, 9.17) is 18.8 Å². The molecule has 0 bridgehead atoms. The fourth-order valence-electron chi connectivity index (χ4n) is 1.08. The molecule has 1 aromatic rings. The first-order valence-electron chi connectivity index (χ1n) is 7.33. The van der Waals surface area contributed by atoms with Crippen LogP contribution in [0.1, 0.15) is 20.8 Å². The summed E-state index contributed by atoms with van der Waals surface area (Å²) < 4.78 is 6.48. The van der Waals surface area contributed by atoms with Gasteiger partial charge in [-0.1, -0.05) is 0 Å². The fraction of sp³-hybridized carbons (Fsp3) is 0.588. The largest absolute Gasteiger partial charge is 0.116 e. The van der Waals surface area contributed by atoms with E-state index in [1.807, 2.05) is 34.7 Å². The minimum absolute atomic E-state index is 0.0249. The molecule has 6 heteroatoms. The van der Waals surface area contributed by atoms with Gasteiger partial charge in [0.05, 0.1) is 0 Å². The summed E-state index contributed by atoms with van der Waals surface area (Å²) in [5.74, 6) is 0.